The lowest BCUT2D eigenvalue weighted by molar-refractivity contribution is 0.0285. The summed E-state index contributed by atoms with van der Waals surface area (Å²) >= 11 is 0. The number of pyridine rings is 1. The van der Waals surface area contributed by atoms with E-state index in [9.17, 15) is 9.90 Å². The predicted octanol–water partition coefficient (Wildman–Crippen LogP) is 4.32. The van der Waals surface area contributed by atoms with Gasteiger partial charge >= 0.3 is 0 Å². The minimum atomic E-state index is -0.866. The number of aromatic amines is 1. The maximum Gasteiger partial charge on any atom is 0.253 e. The Hall–Kier alpha value is -3.64. The van der Waals surface area contributed by atoms with Crippen LogP contribution in [0.5, 0.6) is 5.75 Å². The second kappa shape index (κ2) is 7.80. The van der Waals surface area contributed by atoms with Gasteiger partial charge in [-0.3, -0.25) is 9.78 Å². The number of rotatable bonds is 5. The van der Waals surface area contributed by atoms with E-state index in [2.05, 4.69) is 16.4 Å². The van der Waals surface area contributed by atoms with Crippen molar-refractivity contribution in [3.63, 3.8) is 0 Å². The van der Waals surface area contributed by atoms with E-state index in [4.69, 9.17) is 9.72 Å². The molecular formula is C26H25N3O3. The SMILES string of the molecule is CC(C)(O)COc1ccc(/C=C/c2cc3c(ccc4c5c(nc43)CCNC5=O)c[nH]2)cc1. The van der Waals surface area contributed by atoms with Crippen LogP contribution >= 0.6 is 0 Å². The topological polar surface area (TPSA) is 87.2 Å². The van der Waals surface area contributed by atoms with Crippen LogP contribution in [-0.4, -0.2) is 39.7 Å². The Labute approximate surface area is 185 Å². The Morgan fingerprint density at radius 2 is 1.94 bits per heavy atom. The van der Waals surface area contributed by atoms with Crippen molar-refractivity contribution in [2.75, 3.05) is 13.2 Å². The highest BCUT2D eigenvalue weighted by atomic mass is 16.5. The zero-order chi connectivity index (χ0) is 22.3. The number of ether oxygens (including phenoxy) is 1. The van der Waals surface area contributed by atoms with Crippen molar-refractivity contribution >= 4 is 39.7 Å². The van der Waals surface area contributed by atoms with Gasteiger partial charge in [-0.1, -0.05) is 30.3 Å². The Morgan fingerprint density at radius 3 is 2.72 bits per heavy atom. The van der Waals surface area contributed by atoms with Crippen LogP contribution in [0.25, 0.3) is 33.8 Å². The number of fused-ring (bicyclic) bond motifs is 5. The third kappa shape index (κ3) is 3.97. The summed E-state index contributed by atoms with van der Waals surface area (Å²) in [6.07, 6.45) is 6.77. The lowest BCUT2D eigenvalue weighted by atomic mass is 10.0. The molecule has 0 bridgehead atoms. The number of hydrogen-bond acceptors (Lipinski definition) is 4. The Balaban J connectivity index is 1.43. The summed E-state index contributed by atoms with van der Waals surface area (Å²) in [4.78, 5) is 20.5. The van der Waals surface area contributed by atoms with E-state index in [1.165, 1.54) is 0 Å². The first kappa shape index (κ1) is 20.3. The van der Waals surface area contributed by atoms with Crippen LogP contribution in [0.15, 0.2) is 48.7 Å². The average molecular weight is 428 g/mol. The van der Waals surface area contributed by atoms with Crippen molar-refractivity contribution in [2.45, 2.75) is 25.9 Å². The number of nitrogens with zero attached hydrogens (tertiary/aromatic N) is 1. The van der Waals surface area contributed by atoms with E-state index >= 15 is 0 Å². The standard InChI is InChI=1S/C26H25N3O3/c1-26(2,31)15-32-19-8-4-16(5-9-19)3-7-18-13-21-17(14-28-18)6-10-20-23-22(29-24(20)21)11-12-27-25(23)30/h3-10,13-14,28,31H,11-12,15H2,1-2H3,(H,27,30)/b7-3+. The van der Waals surface area contributed by atoms with E-state index in [1.807, 2.05) is 54.7 Å². The van der Waals surface area contributed by atoms with Crippen molar-refractivity contribution in [3.8, 4) is 5.75 Å². The number of H-pyrrole nitrogens is 1. The number of carbonyl (C=O) groups is 1. The molecule has 1 amide bonds. The highest BCUT2D eigenvalue weighted by molar-refractivity contribution is 6.15. The molecular weight excluding hydrogens is 402 g/mol. The molecule has 0 radical (unpaired) electrons. The van der Waals surface area contributed by atoms with Crippen molar-refractivity contribution < 1.29 is 14.6 Å². The van der Waals surface area contributed by atoms with Crippen LogP contribution < -0.4 is 10.1 Å². The average Bonchev–Trinajstić information content (AvgIpc) is 3.17. The minimum Gasteiger partial charge on any atom is -0.491 e. The number of carbonyl (C=O) groups excluding carboxylic acids is 1. The van der Waals surface area contributed by atoms with Gasteiger partial charge in [0, 0.05) is 35.6 Å². The molecule has 0 fully saturated rings. The van der Waals surface area contributed by atoms with Gasteiger partial charge < -0.3 is 20.1 Å². The van der Waals surface area contributed by atoms with E-state index in [0.717, 1.165) is 50.8 Å². The summed E-state index contributed by atoms with van der Waals surface area (Å²) in [6.45, 7) is 4.31. The molecule has 0 atom stereocenters. The molecule has 4 aromatic rings. The fraction of sp³-hybridized carbons (Fsp3) is 0.231. The first-order valence-corrected chi connectivity index (χ1v) is 10.7. The Morgan fingerprint density at radius 1 is 1.12 bits per heavy atom. The molecule has 5 rings (SSSR count). The molecule has 0 saturated heterocycles. The van der Waals surface area contributed by atoms with E-state index in [-0.39, 0.29) is 12.5 Å². The lowest BCUT2D eigenvalue weighted by Gasteiger charge is -2.17. The van der Waals surface area contributed by atoms with Gasteiger partial charge in [0.25, 0.3) is 5.91 Å². The Kier molecular flexibility index (Phi) is 4.94. The van der Waals surface area contributed by atoms with Crippen molar-refractivity contribution in [2.24, 2.45) is 0 Å². The van der Waals surface area contributed by atoms with Gasteiger partial charge in [0.15, 0.2) is 0 Å². The van der Waals surface area contributed by atoms with Crippen LogP contribution in [0.1, 0.15) is 41.2 Å². The number of benzene rings is 2. The molecule has 0 saturated carbocycles. The fourth-order valence-electron chi connectivity index (χ4n) is 3.96. The molecule has 162 valence electrons. The summed E-state index contributed by atoms with van der Waals surface area (Å²) in [5.74, 6) is 0.685. The second-order valence-electron chi connectivity index (χ2n) is 8.80. The van der Waals surface area contributed by atoms with Crippen LogP contribution in [0.2, 0.25) is 0 Å². The second-order valence-corrected chi connectivity index (χ2v) is 8.80. The monoisotopic (exact) mass is 427 g/mol. The van der Waals surface area contributed by atoms with Crippen molar-refractivity contribution in [3.05, 3.63) is 71.2 Å². The minimum absolute atomic E-state index is 0.0364. The zero-order valence-electron chi connectivity index (χ0n) is 18.1. The highest BCUT2D eigenvalue weighted by Crippen LogP contribution is 2.31. The van der Waals surface area contributed by atoms with Gasteiger partial charge in [0.05, 0.1) is 22.4 Å². The predicted molar refractivity (Wildman–Crippen MR) is 127 cm³/mol. The fourth-order valence-corrected chi connectivity index (χ4v) is 3.96. The maximum atomic E-state index is 12.3. The first-order valence-electron chi connectivity index (χ1n) is 10.7. The largest absolute Gasteiger partial charge is 0.491 e. The number of aromatic nitrogens is 2. The molecule has 6 heteroatoms. The number of amides is 1. The molecule has 32 heavy (non-hydrogen) atoms. The number of aliphatic hydroxyl groups is 1. The maximum absolute atomic E-state index is 12.3. The van der Waals surface area contributed by atoms with Crippen LogP contribution in [0.3, 0.4) is 0 Å². The third-order valence-electron chi connectivity index (χ3n) is 5.55. The number of hydrogen-bond donors (Lipinski definition) is 3. The number of nitrogens with one attached hydrogen (secondary N) is 2. The summed E-state index contributed by atoms with van der Waals surface area (Å²) in [5, 5.41) is 15.7. The molecule has 3 N–H and O–H groups in total. The van der Waals surface area contributed by atoms with E-state index < -0.39 is 5.60 Å². The van der Waals surface area contributed by atoms with Gasteiger partial charge in [0.1, 0.15) is 12.4 Å². The normalized spacial score (nSPS) is 14.2. The van der Waals surface area contributed by atoms with Crippen molar-refractivity contribution in [1.82, 2.24) is 15.3 Å². The molecule has 3 heterocycles. The molecule has 0 aliphatic carbocycles. The highest BCUT2D eigenvalue weighted by Gasteiger charge is 2.23. The van der Waals surface area contributed by atoms with Gasteiger partial charge in [-0.25, -0.2) is 0 Å². The zero-order valence-corrected chi connectivity index (χ0v) is 18.1. The van der Waals surface area contributed by atoms with Gasteiger partial charge in [-0.2, -0.15) is 0 Å². The smallest absolute Gasteiger partial charge is 0.253 e. The van der Waals surface area contributed by atoms with Gasteiger partial charge in [-0.15, -0.1) is 0 Å². The molecule has 1 aliphatic heterocycles. The summed E-state index contributed by atoms with van der Waals surface area (Å²) in [6, 6.07) is 13.8. The summed E-state index contributed by atoms with van der Waals surface area (Å²) in [7, 11) is 0. The van der Waals surface area contributed by atoms with Crippen molar-refractivity contribution in [1.29, 1.82) is 0 Å². The van der Waals surface area contributed by atoms with Crippen LogP contribution in [-0.2, 0) is 6.42 Å². The molecule has 2 aromatic carbocycles. The molecule has 6 nitrogen and oxygen atoms in total. The van der Waals surface area contributed by atoms with Gasteiger partial charge in [-0.05, 0) is 49.1 Å². The lowest BCUT2D eigenvalue weighted by Crippen LogP contribution is -2.31. The summed E-state index contributed by atoms with van der Waals surface area (Å²) in [5.41, 5.74) is 3.58. The quantitative estimate of drug-likeness (QED) is 0.443. The van der Waals surface area contributed by atoms with Crippen LogP contribution in [0, 0.1) is 0 Å². The van der Waals surface area contributed by atoms with E-state index in [0.29, 0.717) is 12.1 Å². The van der Waals surface area contributed by atoms with Crippen LogP contribution in [0.4, 0.5) is 0 Å². The summed E-state index contributed by atoms with van der Waals surface area (Å²) < 4.78 is 5.60. The first-order chi connectivity index (χ1) is 15.4. The molecule has 2 aromatic heterocycles. The van der Waals surface area contributed by atoms with Gasteiger partial charge in [0.2, 0.25) is 0 Å². The molecule has 0 unspecified atom stereocenters. The molecule has 1 aliphatic rings. The third-order valence-corrected chi connectivity index (χ3v) is 5.55. The molecule has 0 spiro atoms. The van der Waals surface area contributed by atoms with E-state index in [1.54, 1.807) is 13.8 Å². The Bertz CT molecular complexity index is 1350.